The molecule has 0 saturated carbocycles. The van der Waals surface area contributed by atoms with Crippen LogP contribution in [0.1, 0.15) is 10.5 Å². The van der Waals surface area contributed by atoms with Crippen LogP contribution in [0.3, 0.4) is 0 Å². The fraction of sp³-hybridized carbons (Fsp3) is 0. The lowest BCUT2D eigenvalue weighted by Crippen LogP contribution is -2.13. The van der Waals surface area contributed by atoms with Crippen LogP contribution in [0.15, 0.2) is 29.2 Å². The van der Waals surface area contributed by atoms with Crippen molar-refractivity contribution in [2.24, 2.45) is 0 Å². The van der Waals surface area contributed by atoms with Gasteiger partial charge in [0.05, 0.1) is 5.69 Å². The van der Waals surface area contributed by atoms with Crippen molar-refractivity contribution in [3.8, 4) is 0 Å². The third-order valence-electron chi connectivity index (χ3n) is 1.85. The Labute approximate surface area is 94.6 Å². The molecule has 6 nitrogen and oxygen atoms in total. The summed E-state index contributed by atoms with van der Waals surface area (Å²) in [6.45, 7) is 0. The Morgan fingerprint density at radius 2 is 2.25 bits per heavy atom. The van der Waals surface area contributed by atoms with Gasteiger partial charge in [-0.15, -0.1) is 0 Å². The zero-order chi connectivity index (χ0) is 11.5. The molecule has 0 aliphatic rings. The molecule has 0 radical (unpaired) electrons. The van der Waals surface area contributed by atoms with E-state index in [2.05, 4.69) is 20.5 Å². The molecule has 2 heterocycles. The first kappa shape index (κ1) is 10.4. The first-order chi connectivity index (χ1) is 7.66. The van der Waals surface area contributed by atoms with Gasteiger partial charge in [0.15, 0.2) is 5.15 Å². The van der Waals surface area contributed by atoms with E-state index in [1.807, 2.05) is 0 Å². The zero-order valence-corrected chi connectivity index (χ0v) is 8.71. The van der Waals surface area contributed by atoms with Crippen molar-refractivity contribution in [1.82, 2.24) is 15.2 Å². The number of amides is 1. The zero-order valence-electron chi connectivity index (χ0n) is 7.95. The summed E-state index contributed by atoms with van der Waals surface area (Å²) in [6.07, 6.45) is 1.51. The largest absolute Gasteiger partial charge is 0.318 e. The maximum atomic E-state index is 11.6. The van der Waals surface area contributed by atoms with E-state index in [0.717, 1.165) is 6.07 Å². The lowest BCUT2D eigenvalue weighted by molar-refractivity contribution is 0.102. The standard InChI is InChI=1S/C9H7ClN4O2/c10-8-5(2-1-3-11-8)12-9(16)6-4-7(15)14-13-6/h1-4H,(H,12,16)(H2,13,14,15). The number of aromatic amines is 2. The molecule has 0 spiro atoms. The number of carbonyl (C=O) groups is 1. The van der Waals surface area contributed by atoms with Crippen molar-refractivity contribution in [3.63, 3.8) is 0 Å². The Balaban J connectivity index is 2.20. The molecule has 0 fully saturated rings. The van der Waals surface area contributed by atoms with Crippen LogP contribution in [0, 0.1) is 0 Å². The number of nitrogens with zero attached hydrogens (tertiary/aromatic N) is 1. The highest BCUT2D eigenvalue weighted by Crippen LogP contribution is 2.17. The Morgan fingerprint density at radius 1 is 1.44 bits per heavy atom. The van der Waals surface area contributed by atoms with Gasteiger partial charge in [-0.3, -0.25) is 19.8 Å². The summed E-state index contributed by atoms with van der Waals surface area (Å²) in [5, 5.41) is 7.40. The van der Waals surface area contributed by atoms with Crippen molar-refractivity contribution in [1.29, 1.82) is 0 Å². The van der Waals surface area contributed by atoms with Crippen molar-refractivity contribution >= 4 is 23.2 Å². The molecule has 2 aromatic rings. The molecule has 0 aromatic carbocycles. The summed E-state index contributed by atoms with van der Waals surface area (Å²) in [5.41, 5.74) is 0.142. The van der Waals surface area contributed by atoms with Gasteiger partial charge in [0, 0.05) is 12.3 Å². The highest BCUT2D eigenvalue weighted by atomic mass is 35.5. The second-order valence-electron chi connectivity index (χ2n) is 2.97. The van der Waals surface area contributed by atoms with Crippen LogP contribution in [0.4, 0.5) is 5.69 Å². The predicted octanol–water partition coefficient (Wildman–Crippen LogP) is 1.00. The second kappa shape index (κ2) is 4.19. The number of anilines is 1. The van der Waals surface area contributed by atoms with Gasteiger partial charge in [0.25, 0.3) is 11.5 Å². The number of nitrogens with one attached hydrogen (secondary N) is 3. The Bertz CT molecular complexity index is 575. The molecule has 1 amide bonds. The van der Waals surface area contributed by atoms with E-state index in [-0.39, 0.29) is 16.4 Å². The highest BCUT2D eigenvalue weighted by molar-refractivity contribution is 6.32. The molecule has 0 aliphatic carbocycles. The molecule has 2 aromatic heterocycles. The van der Waals surface area contributed by atoms with Crippen molar-refractivity contribution in [2.75, 3.05) is 5.32 Å². The third-order valence-corrected chi connectivity index (χ3v) is 2.15. The number of rotatable bonds is 2. The molecule has 3 N–H and O–H groups in total. The van der Waals surface area contributed by atoms with Crippen molar-refractivity contribution < 1.29 is 4.79 Å². The number of hydrogen-bond donors (Lipinski definition) is 3. The fourth-order valence-electron chi connectivity index (χ4n) is 1.12. The second-order valence-corrected chi connectivity index (χ2v) is 3.33. The monoisotopic (exact) mass is 238 g/mol. The molecule has 2 rings (SSSR count). The van der Waals surface area contributed by atoms with Gasteiger partial charge in [0.1, 0.15) is 5.69 Å². The van der Waals surface area contributed by atoms with E-state index in [1.54, 1.807) is 12.1 Å². The third kappa shape index (κ3) is 2.12. The summed E-state index contributed by atoms with van der Waals surface area (Å²) in [6, 6.07) is 4.40. The van der Waals surface area contributed by atoms with E-state index in [0.29, 0.717) is 5.69 Å². The van der Waals surface area contributed by atoms with Crippen LogP contribution >= 0.6 is 11.6 Å². The SMILES string of the molecule is O=C(Nc1cccnc1Cl)c1cc(=O)[nH][nH]1. The minimum absolute atomic E-state index is 0.130. The summed E-state index contributed by atoms with van der Waals surface area (Å²) in [7, 11) is 0. The summed E-state index contributed by atoms with van der Waals surface area (Å²) >= 11 is 5.76. The van der Waals surface area contributed by atoms with Gasteiger partial charge in [-0.1, -0.05) is 11.6 Å². The average Bonchev–Trinajstić information content (AvgIpc) is 2.68. The number of pyridine rings is 1. The van der Waals surface area contributed by atoms with Gasteiger partial charge in [-0.2, -0.15) is 0 Å². The Hall–Kier alpha value is -2.08. The number of hydrogen-bond acceptors (Lipinski definition) is 3. The van der Waals surface area contributed by atoms with Crippen LogP contribution < -0.4 is 10.9 Å². The molecule has 0 unspecified atom stereocenters. The van der Waals surface area contributed by atoms with Crippen LogP contribution in [0.5, 0.6) is 0 Å². The molecular weight excluding hydrogens is 232 g/mol. The fourth-order valence-corrected chi connectivity index (χ4v) is 1.29. The minimum atomic E-state index is -0.465. The average molecular weight is 239 g/mol. The molecule has 82 valence electrons. The number of aromatic nitrogens is 3. The summed E-state index contributed by atoms with van der Waals surface area (Å²) < 4.78 is 0. The smallest absolute Gasteiger partial charge is 0.273 e. The minimum Gasteiger partial charge on any atom is -0.318 e. The van der Waals surface area contributed by atoms with Crippen LogP contribution in [0.2, 0.25) is 5.15 Å². The number of halogens is 1. The van der Waals surface area contributed by atoms with Gasteiger partial charge >= 0.3 is 0 Å². The lowest BCUT2D eigenvalue weighted by Gasteiger charge is -2.03. The Kier molecular flexibility index (Phi) is 2.74. The molecule has 0 aliphatic heterocycles. The van der Waals surface area contributed by atoms with Gasteiger partial charge in [-0.25, -0.2) is 4.98 Å². The first-order valence-corrected chi connectivity index (χ1v) is 4.74. The molecule has 0 atom stereocenters. The topological polar surface area (TPSA) is 90.6 Å². The maximum Gasteiger partial charge on any atom is 0.273 e. The van der Waals surface area contributed by atoms with E-state index in [1.165, 1.54) is 6.20 Å². The summed E-state index contributed by atoms with van der Waals surface area (Å²) in [4.78, 5) is 26.2. The predicted molar refractivity (Wildman–Crippen MR) is 58.6 cm³/mol. The normalized spacial score (nSPS) is 10.1. The van der Waals surface area contributed by atoms with E-state index < -0.39 is 5.91 Å². The van der Waals surface area contributed by atoms with Gasteiger partial charge in [0.2, 0.25) is 0 Å². The molecule has 7 heteroatoms. The molecular formula is C9H7ClN4O2. The number of carbonyl (C=O) groups excluding carboxylic acids is 1. The van der Waals surface area contributed by atoms with E-state index in [4.69, 9.17) is 11.6 Å². The number of H-pyrrole nitrogens is 2. The van der Waals surface area contributed by atoms with Gasteiger partial charge < -0.3 is 5.32 Å². The summed E-state index contributed by atoms with van der Waals surface area (Å²) in [5.74, 6) is -0.465. The Morgan fingerprint density at radius 3 is 2.88 bits per heavy atom. The molecule has 0 bridgehead atoms. The first-order valence-electron chi connectivity index (χ1n) is 4.36. The van der Waals surface area contributed by atoms with Crippen LogP contribution in [0.25, 0.3) is 0 Å². The van der Waals surface area contributed by atoms with Gasteiger partial charge in [-0.05, 0) is 12.1 Å². The maximum absolute atomic E-state index is 11.6. The van der Waals surface area contributed by atoms with Crippen LogP contribution in [-0.2, 0) is 0 Å². The molecule has 0 saturated heterocycles. The molecule has 16 heavy (non-hydrogen) atoms. The highest BCUT2D eigenvalue weighted by Gasteiger charge is 2.10. The van der Waals surface area contributed by atoms with Crippen molar-refractivity contribution in [3.05, 3.63) is 45.6 Å². The van der Waals surface area contributed by atoms with E-state index >= 15 is 0 Å². The van der Waals surface area contributed by atoms with Crippen LogP contribution in [-0.4, -0.2) is 21.1 Å². The van der Waals surface area contributed by atoms with E-state index in [9.17, 15) is 9.59 Å². The lowest BCUT2D eigenvalue weighted by atomic mass is 10.3. The quantitative estimate of drug-likeness (QED) is 0.682. The van der Waals surface area contributed by atoms with Crippen molar-refractivity contribution in [2.45, 2.75) is 0 Å².